The molecule has 0 bridgehead atoms. The maximum absolute atomic E-state index is 8.38. The van der Waals surface area contributed by atoms with E-state index in [-0.39, 0.29) is 28.5 Å². The molecule has 0 spiro atoms. The van der Waals surface area contributed by atoms with Crippen molar-refractivity contribution in [2.75, 3.05) is 18.5 Å². The minimum Gasteiger partial charge on any atom is -0.896 e. The van der Waals surface area contributed by atoms with Crippen molar-refractivity contribution in [2.45, 2.75) is 40.0 Å². The Morgan fingerprint density at radius 2 is 1.07 bits per heavy atom. The van der Waals surface area contributed by atoms with E-state index in [1.807, 2.05) is 0 Å². The van der Waals surface area contributed by atoms with Gasteiger partial charge < -0.3 is 15.5 Å². The van der Waals surface area contributed by atoms with Crippen LogP contribution in [0.2, 0.25) is 0 Å². The summed E-state index contributed by atoms with van der Waals surface area (Å²) in [6.07, 6.45) is 8.72. The van der Waals surface area contributed by atoms with Gasteiger partial charge in [0.1, 0.15) is 0 Å². The Kier molecular flexibility index (Phi) is 40.8. The van der Waals surface area contributed by atoms with E-state index in [9.17, 15) is 0 Å². The van der Waals surface area contributed by atoms with E-state index in [1.165, 1.54) is 37.7 Å². The van der Waals surface area contributed by atoms with E-state index in [0.717, 1.165) is 0 Å². The molecule has 0 unspecified atom stereocenters. The topological polar surface area (TPSA) is 77.6 Å². The van der Waals surface area contributed by atoms with Gasteiger partial charge >= 0.3 is 23.1 Å². The van der Waals surface area contributed by atoms with Gasteiger partial charge in [0.25, 0.3) is 0 Å². The first-order valence-corrected chi connectivity index (χ1v) is 7.04. The van der Waals surface area contributed by atoms with Crippen molar-refractivity contribution < 1.29 is 15.5 Å². The van der Waals surface area contributed by atoms with Crippen LogP contribution in [0.15, 0.2) is 0 Å². The number of hydrogen-bond donors (Lipinski definition) is 0. The average Bonchev–Trinajstić information content (AvgIpc) is 2.07. The van der Waals surface area contributed by atoms with Crippen LogP contribution in [0.25, 0.3) is 0 Å². The van der Waals surface area contributed by atoms with Crippen LogP contribution in [0, 0.1) is 0 Å². The summed E-state index contributed by atoms with van der Waals surface area (Å²) in [7, 11) is -0.811. The van der Waals surface area contributed by atoms with Crippen molar-refractivity contribution in [2.24, 2.45) is 0 Å². The molecular formula is C9H24BMgO3P. The third kappa shape index (κ3) is 25.4. The first kappa shape index (κ1) is 25.1. The summed E-state index contributed by atoms with van der Waals surface area (Å²) in [6, 6.07) is 0. The fourth-order valence-corrected chi connectivity index (χ4v) is 3.85. The van der Waals surface area contributed by atoms with Gasteiger partial charge in [0.05, 0.1) is 0 Å². The van der Waals surface area contributed by atoms with E-state index in [1.54, 1.807) is 0 Å². The Labute approximate surface area is 113 Å². The molecule has 0 radical (unpaired) electrons. The van der Waals surface area contributed by atoms with E-state index >= 15 is 0 Å². The van der Waals surface area contributed by atoms with Gasteiger partial charge in [-0.25, -0.2) is 0 Å². The molecule has 3 nitrogen and oxygen atoms in total. The maximum atomic E-state index is 8.38. The molecule has 0 atom stereocenters. The van der Waals surface area contributed by atoms with Crippen molar-refractivity contribution >= 4 is 38.7 Å². The van der Waals surface area contributed by atoms with Crippen LogP contribution in [0.3, 0.4) is 0 Å². The molecule has 0 aliphatic carbocycles. The largest absolute Gasteiger partial charge is 2.00 e. The second-order valence-electron chi connectivity index (χ2n) is 2.96. The van der Waals surface area contributed by atoms with Crippen molar-refractivity contribution in [3.05, 3.63) is 0 Å². The molecule has 0 amide bonds. The van der Waals surface area contributed by atoms with Crippen LogP contribution in [0.1, 0.15) is 40.0 Å². The van der Waals surface area contributed by atoms with E-state index in [4.69, 9.17) is 10.0 Å². The summed E-state index contributed by atoms with van der Waals surface area (Å²) in [5.74, 6) is 0. The molecule has 0 saturated heterocycles. The molecule has 6 heteroatoms. The molecule has 0 aromatic carbocycles. The second-order valence-corrected chi connectivity index (χ2v) is 5.64. The van der Waals surface area contributed by atoms with Crippen molar-refractivity contribution in [3.63, 3.8) is 0 Å². The predicted molar refractivity (Wildman–Crippen MR) is 68.9 cm³/mol. The van der Waals surface area contributed by atoms with Crippen LogP contribution in [0.4, 0.5) is 0 Å². The molecule has 0 heterocycles. The average molecular weight is 246 g/mol. The summed E-state index contributed by atoms with van der Waals surface area (Å²) in [5.41, 5.74) is 0. The maximum Gasteiger partial charge on any atom is 2.00 e. The number of hydrogen-bond acceptors (Lipinski definition) is 2. The van der Waals surface area contributed by atoms with E-state index < -0.39 is 7.69 Å². The van der Waals surface area contributed by atoms with Crippen LogP contribution >= 0.6 is 7.92 Å². The van der Waals surface area contributed by atoms with Gasteiger partial charge in [-0.1, -0.05) is 40.0 Å². The molecule has 15 heavy (non-hydrogen) atoms. The molecule has 0 aromatic rings. The molecule has 0 aromatic heterocycles. The Bertz CT molecular complexity index is 77.5. The third-order valence-electron chi connectivity index (χ3n) is 1.62. The van der Waals surface area contributed by atoms with E-state index in [2.05, 4.69) is 20.8 Å². The van der Waals surface area contributed by atoms with Gasteiger partial charge in [0.2, 0.25) is 0 Å². The molecule has 0 fully saturated rings. The Morgan fingerprint density at radius 1 is 0.867 bits per heavy atom. The van der Waals surface area contributed by atoms with Gasteiger partial charge in [-0.15, -0.1) is 15.6 Å². The molecule has 0 aliphatic rings. The van der Waals surface area contributed by atoms with Gasteiger partial charge in [0.15, 0.2) is 0 Å². The second kappa shape index (κ2) is 24.4. The number of rotatable bonds is 6. The molecule has 0 aliphatic heterocycles. The molecule has 88 valence electrons. The molecule has 2 N–H and O–H groups in total. The van der Waals surface area contributed by atoms with Crippen LogP contribution in [0.5, 0.6) is 0 Å². The fourth-order valence-electron chi connectivity index (χ4n) is 1.28. The van der Waals surface area contributed by atoms with E-state index in [0.29, 0.717) is 7.92 Å². The van der Waals surface area contributed by atoms with Gasteiger partial charge in [-0.05, 0) is 18.5 Å². The van der Waals surface area contributed by atoms with Crippen LogP contribution < -0.4 is 10.0 Å². The Morgan fingerprint density at radius 3 is 1.20 bits per heavy atom. The first-order valence-electron chi connectivity index (χ1n) is 5.15. The standard InChI is InChI=1S/C9H21P.BHO2.Mg.H2O/c1-4-7-10(8-5-2)9-6-3;2-1-3;;/h4-9H2,1-3H3;1H;;1H2/q;-2;+2;. The smallest absolute Gasteiger partial charge is 0.896 e. The zero-order chi connectivity index (χ0) is 10.5. The summed E-state index contributed by atoms with van der Waals surface area (Å²) in [4.78, 5) is 0. The van der Waals surface area contributed by atoms with Crippen LogP contribution in [-0.4, -0.2) is 54.7 Å². The normalized spacial score (nSPS) is 8.13. The zero-order valence-electron chi connectivity index (χ0n) is 10.4. The third-order valence-corrected chi connectivity index (χ3v) is 4.86. The Hall–Kier alpha value is 1.14. The van der Waals surface area contributed by atoms with Gasteiger partial charge in [0, 0.05) is 0 Å². The van der Waals surface area contributed by atoms with Crippen LogP contribution in [-0.2, 0) is 0 Å². The van der Waals surface area contributed by atoms with Gasteiger partial charge in [-0.2, -0.15) is 0 Å². The summed E-state index contributed by atoms with van der Waals surface area (Å²) in [5, 5.41) is 16.8. The summed E-state index contributed by atoms with van der Waals surface area (Å²) < 4.78 is 0. The minimum atomic E-state index is -1.25. The van der Waals surface area contributed by atoms with Crippen molar-refractivity contribution in [3.8, 4) is 0 Å². The summed E-state index contributed by atoms with van der Waals surface area (Å²) >= 11 is 0. The molecular weight excluding hydrogens is 222 g/mol. The van der Waals surface area contributed by atoms with Crippen molar-refractivity contribution in [1.29, 1.82) is 0 Å². The fraction of sp³-hybridized carbons (Fsp3) is 1.00. The Balaban J connectivity index is -0.000000108. The quantitative estimate of drug-likeness (QED) is 0.466. The van der Waals surface area contributed by atoms with Crippen molar-refractivity contribution in [1.82, 2.24) is 0 Å². The van der Waals surface area contributed by atoms with Gasteiger partial charge in [-0.3, -0.25) is 0 Å². The SMILES string of the molecule is CCCP(CCC)CCC.O.[Mg+2].[O-]B[O-]. The summed E-state index contributed by atoms with van der Waals surface area (Å²) in [6.45, 7) is 6.92. The minimum absolute atomic E-state index is 0. The molecule has 0 saturated carbocycles. The first-order chi connectivity index (χ1) is 6.26. The zero-order valence-corrected chi connectivity index (χ0v) is 12.7. The monoisotopic (exact) mass is 246 g/mol. The molecule has 0 rings (SSSR count). The predicted octanol–water partition coefficient (Wildman–Crippen LogP) is -0.534.